The molecule has 1 aliphatic rings. The molecule has 104 valence electrons. The summed E-state index contributed by atoms with van der Waals surface area (Å²) in [4.78, 5) is 0. The summed E-state index contributed by atoms with van der Waals surface area (Å²) in [5.41, 5.74) is 1.69. The van der Waals surface area contributed by atoms with E-state index < -0.39 is 0 Å². The maximum absolute atomic E-state index is 5.85. The maximum Gasteiger partial charge on any atom is 0.0716 e. The van der Waals surface area contributed by atoms with Crippen LogP contribution in [0.25, 0.3) is 0 Å². The molecule has 0 N–H and O–H groups in total. The van der Waals surface area contributed by atoms with Gasteiger partial charge in [0, 0.05) is 11.9 Å². The molecule has 0 fully saturated rings. The normalized spacial score (nSPS) is 18.2. The van der Waals surface area contributed by atoms with Gasteiger partial charge in [-0.3, -0.25) is 0 Å². The zero-order chi connectivity index (χ0) is 13.4. The van der Waals surface area contributed by atoms with Crippen molar-refractivity contribution >= 4 is 15.9 Å². The number of alkyl halides is 1. The summed E-state index contributed by atoms with van der Waals surface area (Å²) < 4.78 is 5.85. The third-order valence-electron chi connectivity index (χ3n) is 4.02. The molecule has 19 heavy (non-hydrogen) atoms. The fourth-order valence-corrected chi connectivity index (χ4v) is 3.48. The molecule has 1 aromatic carbocycles. The van der Waals surface area contributed by atoms with Crippen LogP contribution in [-0.2, 0) is 11.3 Å². The topological polar surface area (TPSA) is 9.23 Å². The largest absolute Gasteiger partial charge is 0.377 e. The van der Waals surface area contributed by atoms with Crippen molar-refractivity contribution in [1.82, 2.24) is 0 Å². The van der Waals surface area contributed by atoms with Gasteiger partial charge in [0.2, 0.25) is 0 Å². The molecule has 1 aliphatic carbocycles. The molecule has 1 aromatic rings. The Morgan fingerprint density at radius 1 is 1.05 bits per heavy atom. The zero-order valence-corrected chi connectivity index (χ0v) is 13.1. The third-order valence-corrected chi connectivity index (χ3v) is 5.21. The first-order valence-electron chi connectivity index (χ1n) is 7.17. The van der Waals surface area contributed by atoms with Crippen LogP contribution in [0.3, 0.4) is 0 Å². The van der Waals surface area contributed by atoms with Crippen molar-refractivity contribution in [2.75, 3.05) is 11.9 Å². The van der Waals surface area contributed by atoms with Crippen LogP contribution in [-0.4, -0.2) is 11.9 Å². The van der Waals surface area contributed by atoms with Crippen molar-refractivity contribution in [2.45, 2.75) is 38.7 Å². The fourth-order valence-electron chi connectivity index (χ4n) is 2.64. The summed E-state index contributed by atoms with van der Waals surface area (Å²) in [5.74, 6) is 0. The van der Waals surface area contributed by atoms with E-state index in [1.807, 2.05) is 6.07 Å². The Labute approximate surface area is 125 Å². The van der Waals surface area contributed by atoms with Crippen LogP contribution >= 0.6 is 15.9 Å². The van der Waals surface area contributed by atoms with Crippen molar-refractivity contribution < 1.29 is 4.74 Å². The molecule has 2 rings (SSSR count). The molecule has 0 aromatic heterocycles. The molecule has 0 spiro atoms. The number of halogens is 1. The Morgan fingerprint density at radius 2 is 1.74 bits per heavy atom. The average Bonchev–Trinajstić information content (AvgIpc) is 2.71. The highest BCUT2D eigenvalue weighted by Gasteiger charge is 2.28. The molecule has 0 atom stereocenters. The van der Waals surface area contributed by atoms with Crippen molar-refractivity contribution in [3.05, 3.63) is 48.0 Å². The van der Waals surface area contributed by atoms with Crippen LogP contribution in [0.4, 0.5) is 0 Å². The van der Waals surface area contributed by atoms with Gasteiger partial charge in [0.05, 0.1) is 6.61 Å². The fraction of sp³-hybridized carbons (Fsp3) is 0.529. The Morgan fingerprint density at radius 3 is 2.37 bits per heavy atom. The lowest BCUT2D eigenvalue weighted by molar-refractivity contribution is 0.0845. The van der Waals surface area contributed by atoms with Gasteiger partial charge in [-0.05, 0) is 43.1 Å². The van der Waals surface area contributed by atoms with E-state index >= 15 is 0 Å². The van der Waals surface area contributed by atoms with Gasteiger partial charge in [0.15, 0.2) is 0 Å². The number of allylic oxidation sites excluding steroid dienone is 2. The second-order valence-electron chi connectivity index (χ2n) is 5.47. The quantitative estimate of drug-likeness (QED) is 0.402. The molecule has 1 nitrogen and oxygen atoms in total. The van der Waals surface area contributed by atoms with Crippen LogP contribution in [0.2, 0.25) is 0 Å². The molecule has 0 saturated heterocycles. The number of hydrogen-bond acceptors (Lipinski definition) is 1. The molecule has 0 unspecified atom stereocenters. The molecule has 2 heteroatoms. The lowest BCUT2D eigenvalue weighted by Crippen LogP contribution is -2.24. The van der Waals surface area contributed by atoms with E-state index in [2.05, 4.69) is 52.3 Å². The molecule has 0 radical (unpaired) electrons. The Balaban J connectivity index is 1.74. The predicted octanol–water partition coefficient (Wildman–Crippen LogP) is 5.10. The Bertz CT molecular complexity index is 376. The highest BCUT2D eigenvalue weighted by atomic mass is 79.9. The van der Waals surface area contributed by atoms with E-state index in [0.717, 1.165) is 25.0 Å². The minimum Gasteiger partial charge on any atom is -0.377 e. The van der Waals surface area contributed by atoms with Crippen LogP contribution in [0.1, 0.15) is 37.7 Å². The maximum atomic E-state index is 5.85. The highest BCUT2D eigenvalue weighted by molar-refractivity contribution is 9.09. The molecule has 0 saturated carbocycles. The molecule has 0 aliphatic heterocycles. The minimum atomic E-state index is 0.431. The second-order valence-corrected chi connectivity index (χ2v) is 6.03. The molecule has 0 bridgehead atoms. The Kier molecular flexibility index (Phi) is 6.12. The Hall–Kier alpha value is -0.600. The predicted molar refractivity (Wildman–Crippen MR) is 84.6 cm³/mol. The van der Waals surface area contributed by atoms with Crippen LogP contribution in [0.15, 0.2) is 42.5 Å². The van der Waals surface area contributed by atoms with E-state index in [1.165, 1.54) is 31.2 Å². The average molecular weight is 323 g/mol. The summed E-state index contributed by atoms with van der Waals surface area (Å²) in [6.45, 7) is 1.60. The van der Waals surface area contributed by atoms with Gasteiger partial charge in [-0.2, -0.15) is 0 Å². The first kappa shape index (κ1) is 14.8. The number of ether oxygens (including phenoxy) is 1. The van der Waals surface area contributed by atoms with E-state index in [0.29, 0.717) is 5.41 Å². The summed E-state index contributed by atoms with van der Waals surface area (Å²) in [6.07, 6.45) is 10.8. The van der Waals surface area contributed by atoms with E-state index in [9.17, 15) is 0 Å². The lowest BCUT2D eigenvalue weighted by atomic mass is 9.79. The zero-order valence-electron chi connectivity index (χ0n) is 11.5. The van der Waals surface area contributed by atoms with Gasteiger partial charge in [0.1, 0.15) is 0 Å². The molecular formula is C17H23BrO. The summed E-state index contributed by atoms with van der Waals surface area (Å²) in [5, 5.41) is 1.09. The number of rotatable bonds is 6. The van der Waals surface area contributed by atoms with E-state index in [1.54, 1.807) is 0 Å². The van der Waals surface area contributed by atoms with Crippen molar-refractivity contribution in [2.24, 2.45) is 5.41 Å². The van der Waals surface area contributed by atoms with Crippen LogP contribution in [0, 0.1) is 5.41 Å². The van der Waals surface area contributed by atoms with Gasteiger partial charge in [0.25, 0.3) is 0 Å². The summed E-state index contributed by atoms with van der Waals surface area (Å²) in [7, 11) is 0. The molecule has 0 amide bonds. The smallest absolute Gasteiger partial charge is 0.0716 e. The molecular weight excluding hydrogens is 300 g/mol. The monoisotopic (exact) mass is 322 g/mol. The van der Waals surface area contributed by atoms with Gasteiger partial charge in [-0.1, -0.05) is 58.4 Å². The van der Waals surface area contributed by atoms with Gasteiger partial charge in [-0.15, -0.1) is 0 Å². The first-order valence-corrected chi connectivity index (χ1v) is 8.29. The van der Waals surface area contributed by atoms with Gasteiger partial charge < -0.3 is 4.74 Å². The van der Waals surface area contributed by atoms with E-state index in [-0.39, 0.29) is 0 Å². The van der Waals surface area contributed by atoms with E-state index in [4.69, 9.17) is 4.74 Å². The highest BCUT2D eigenvalue weighted by Crippen LogP contribution is 2.37. The summed E-state index contributed by atoms with van der Waals surface area (Å²) in [6, 6.07) is 10.4. The standard InChI is InChI=1S/C17H23BrO/c18-15-17(10-6-1-2-7-11-17)12-13-19-14-16-8-4-3-5-9-16/h1-5,8-9H,6-7,10-15H2. The van der Waals surface area contributed by atoms with Crippen molar-refractivity contribution in [1.29, 1.82) is 0 Å². The second kappa shape index (κ2) is 7.86. The third kappa shape index (κ3) is 4.77. The van der Waals surface area contributed by atoms with Gasteiger partial charge >= 0.3 is 0 Å². The first-order chi connectivity index (χ1) is 9.35. The van der Waals surface area contributed by atoms with Crippen molar-refractivity contribution in [3.8, 4) is 0 Å². The summed E-state index contributed by atoms with van der Waals surface area (Å²) >= 11 is 3.72. The number of benzene rings is 1. The lowest BCUT2D eigenvalue weighted by Gasteiger charge is -2.30. The minimum absolute atomic E-state index is 0.431. The van der Waals surface area contributed by atoms with Crippen LogP contribution < -0.4 is 0 Å². The molecule has 0 heterocycles. The van der Waals surface area contributed by atoms with Gasteiger partial charge in [-0.25, -0.2) is 0 Å². The van der Waals surface area contributed by atoms with Crippen molar-refractivity contribution in [3.63, 3.8) is 0 Å². The SMILES string of the molecule is BrCC1(CCOCc2ccccc2)CCC=CCC1. The number of hydrogen-bond donors (Lipinski definition) is 0. The van der Waals surface area contributed by atoms with Crippen LogP contribution in [0.5, 0.6) is 0 Å².